The third kappa shape index (κ3) is 1.65. The van der Waals surface area contributed by atoms with Gasteiger partial charge in [0.2, 0.25) is 0 Å². The highest BCUT2D eigenvalue weighted by molar-refractivity contribution is 5.86. The Kier molecular flexibility index (Phi) is 2.53. The maximum absolute atomic E-state index is 10.9. The lowest BCUT2D eigenvalue weighted by atomic mass is 9.78. The Bertz CT molecular complexity index is 336. The molecule has 0 spiro atoms. The van der Waals surface area contributed by atoms with Crippen LogP contribution in [0, 0.1) is 0 Å². The number of rotatable bonds is 3. The number of Topliss-reactive ketones (excluding diaryl/α,β-unsaturated/α-hetero) is 1. The molecule has 74 valence electrons. The van der Waals surface area contributed by atoms with Crippen LogP contribution in [0.15, 0.2) is 24.3 Å². The normalized spacial score (nSPS) is 16.5. The number of carbonyl (C=O) groups is 1. The summed E-state index contributed by atoms with van der Waals surface area (Å²) in [7, 11) is 0. The van der Waals surface area contributed by atoms with Crippen molar-refractivity contribution >= 4 is 5.78 Å². The van der Waals surface area contributed by atoms with Crippen LogP contribution < -0.4 is 4.74 Å². The first-order chi connectivity index (χ1) is 6.81. The van der Waals surface area contributed by atoms with Crippen molar-refractivity contribution in [3.63, 3.8) is 0 Å². The minimum atomic E-state index is 0.362. The Morgan fingerprint density at radius 1 is 1.36 bits per heavy atom. The number of benzene rings is 1. The van der Waals surface area contributed by atoms with Crippen molar-refractivity contribution in [1.82, 2.24) is 0 Å². The highest BCUT2D eigenvalue weighted by Gasteiger charge is 2.29. The van der Waals surface area contributed by atoms with Crippen molar-refractivity contribution in [2.24, 2.45) is 0 Å². The molecule has 1 saturated carbocycles. The van der Waals surface area contributed by atoms with Crippen molar-refractivity contribution in [3.05, 3.63) is 29.8 Å². The Morgan fingerprint density at radius 3 is 2.71 bits per heavy atom. The van der Waals surface area contributed by atoms with Gasteiger partial charge in [-0.15, -0.1) is 0 Å². The van der Waals surface area contributed by atoms with Gasteiger partial charge in [0.15, 0.2) is 0 Å². The lowest BCUT2D eigenvalue weighted by Crippen LogP contribution is -2.21. The second-order valence-corrected chi connectivity index (χ2v) is 3.61. The molecule has 0 bridgehead atoms. The number of carbonyl (C=O) groups excluding carboxylic acids is 1. The van der Waals surface area contributed by atoms with Crippen LogP contribution in [-0.2, 0) is 4.79 Å². The monoisotopic (exact) mass is 190 g/mol. The number of hydrogen-bond acceptors (Lipinski definition) is 2. The van der Waals surface area contributed by atoms with Crippen LogP contribution in [0.4, 0.5) is 0 Å². The van der Waals surface area contributed by atoms with Gasteiger partial charge >= 0.3 is 0 Å². The molecule has 2 heteroatoms. The molecule has 2 nitrogen and oxygen atoms in total. The summed E-state index contributed by atoms with van der Waals surface area (Å²) in [6, 6.07) is 8.00. The molecule has 0 amide bonds. The number of ether oxygens (including phenoxy) is 1. The van der Waals surface area contributed by atoms with Crippen molar-refractivity contribution in [3.8, 4) is 5.75 Å². The van der Waals surface area contributed by atoms with Gasteiger partial charge in [-0.2, -0.15) is 0 Å². The molecule has 0 aliphatic heterocycles. The molecule has 0 radical (unpaired) electrons. The van der Waals surface area contributed by atoms with E-state index in [1.165, 1.54) is 5.56 Å². The van der Waals surface area contributed by atoms with Crippen molar-refractivity contribution in [1.29, 1.82) is 0 Å². The molecule has 0 aromatic heterocycles. The van der Waals surface area contributed by atoms with Gasteiger partial charge in [0.05, 0.1) is 6.61 Å². The van der Waals surface area contributed by atoms with Gasteiger partial charge in [-0.1, -0.05) is 18.2 Å². The van der Waals surface area contributed by atoms with Crippen molar-refractivity contribution in [2.75, 3.05) is 6.61 Å². The maximum atomic E-state index is 10.9. The molecular formula is C12H14O2. The molecule has 0 heterocycles. The van der Waals surface area contributed by atoms with Gasteiger partial charge in [-0.3, -0.25) is 4.79 Å². The van der Waals surface area contributed by atoms with Gasteiger partial charge in [0, 0.05) is 18.8 Å². The fourth-order valence-corrected chi connectivity index (χ4v) is 1.81. The SMILES string of the molecule is CCOc1ccccc1C1CC(=O)C1. The van der Waals surface area contributed by atoms with E-state index in [1.54, 1.807) is 0 Å². The minimum absolute atomic E-state index is 0.362. The van der Waals surface area contributed by atoms with Gasteiger partial charge in [-0.05, 0) is 18.6 Å². The first-order valence-electron chi connectivity index (χ1n) is 5.04. The van der Waals surface area contributed by atoms with E-state index in [4.69, 9.17) is 4.74 Å². The number of para-hydroxylation sites is 1. The number of hydrogen-bond donors (Lipinski definition) is 0. The summed E-state index contributed by atoms with van der Waals surface area (Å²) in [5.74, 6) is 1.69. The molecule has 1 aromatic carbocycles. The van der Waals surface area contributed by atoms with E-state index in [1.807, 2.05) is 25.1 Å². The molecule has 0 N–H and O–H groups in total. The van der Waals surface area contributed by atoms with Crippen LogP contribution in [0.5, 0.6) is 5.75 Å². The third-order valence-electron chi connectivity index (χ3n) is 2.61. The van der Waals surface area contributed by atoms with Gasteiger partial charge in [0.1, 0.15) is 11.5 Å². The second kappa shape index (κ2) is 3.82. The topological polar surface area (TPSA) is 26.3 Å². The molecule has 0 atom stereocenters. The largest absolute Gasteiger partial charge is 0.494 e. The van der Waals surface area contributed by atoms with Crippen molar-refractivity contribution < 1.29 is 9.53 Å². The second-order valence-electron chi connectivity index (χ2n) is 3.61. The average molecular weight is 190 g/mol. The van der Waals surface area contributed by atoms with E-state index in [-0.39, 0.29) is 0 Å². The number of ketones is 1. The Hall–Kier alpha value is -1.31. The fraction of sp³-hybridized carbons (Fsp3) is 0.417. The summed E-state index contributed by atoms with van der Waals surface area (Å²) >= 11 is 0. The zero-order valence-corrected chi connectivity index (χ0v) is 8.32. The van der Waals surface area contributed by atoms with E-state index >= 15 is 0 Å². The van der Waals surface area contributed by atoms with E-state index in [0.717, 1.165) is 5.75 Å². The summed E-state index contributed by atoms with van der Waals surface area (Å²) in [4.78, 5) is 10.9. The predicted molar refractivity (Wildman–Crippen MR) is 54.6 cm³/mol. The highest BCUT2D eigenvalue weighted by Crippen LogP contribution is 2.38. The first-order valence-corrected chi connectivity index (χ1v) is 5.04. The zero-order valence-electron chi connectivity index (χ0n) is 8.32. The van der Waals surface area contributed by atoms with Gasteiger partial charge < -0.3 is 4.74 Å². The maximum Gasteiger partial charge on any atom is 0.134 e. The molecule has 0 saturated heterocycles. The van der Waals surface area contributed by atoms with Crippen LogP contribution in [0.3, 0.4) is 0 Å². The smallest absolute Gasteiger partial charge is 0.134 e. The molecule has 1 aliphatic carbocycles. The van der Waals surface area contributed by atoms with Crippen molar-refractivity contribution in [2.45, 2.75) is 25.7 Å². The van der Waals surface area contributed by atoms with E-state index in [0.29, 0.717) is 31.1 Å². The van der Waals surface area contributed by atoms with Gasteiger partial charge in [0.25, 0.3) is 0 Å². The molecule has 14 heavy (non-hydrogen) atoms. The van der Waals surface area contributed by atoms with E-state index < -0.39 is 0 Å². The summed E-state index contributed by atoms with van der Waals surface area (Å²) in [5.41, 5.74) is 1.19. The lowest BCUT2D eigenvalue weighted by molar-refractivity contribution is -0.124. The van der Waals surface area contributed by atoms with Crippen LogP contribution in [0.25, 0.3) is 0 Å². The third-order valence-corrected chi connectivity index (χ3v) is 2.61. The molecule has 1 fully saturated rings. The summed E-state index contributed by atoms with van der Waals surface area (Å²) in [5, 5.41) is 0. The minimum Gasteiger partial charge on any atom is -0.494 e. The highest BCUT2D eigenvalue weighted by atomic mass is 16.5. The molecule has 0 unspecified atom stereocenters. The van der Waals surface area contributed by atoms with E-state index in [9.17, 15) is 4.79 Å². The molecular weight excluding hydrogens is 176 g/mol. The van der Waals surface area contributed by atoms with Crippen LogP contribution in [-0.4, -0.2) is 12.4 Å². The van der Waals surface area contributed by atoms with Crippen LogP contribution >= 0.6 is 0 Å². The summed E-state index contributed by atoms with van der Waals surface area (Å²) in [6.45, 7) is 2.65. The first kappa shape index (κ1) is 9.25. The van der Waals surface area contributed by atoms with Crippen LogP contribution in [0.2, 0.25) is 0 Å². The Morgan fingerprint density at radius 2 is 2.07 bits per heavy atom. The Balaban J connectivity index is 2.19. The van der Waals surface area contributed by atoms with Gasteiger partial charge in [-0.25, -0.2) is 0 Å². The van der Waals surface area contributed by atoms with Crippen LogP contribution in [0.1, 0.15) is 31.2 Å². The molecule has 1 aromatic rings. The average Bonchev–Trinajstić information content (AvgIpc) is 2.15. The zero-order chi connectivity index (χ0) is 9.97. The summed E-state index contributed by atoms with van der Waals surface area (Å²) in [6.07, 6.45) is 1.37. The summed E-state index contributed by atoms with van der Waals surface area (Å²) < 4.78 is 5.52. The standard InChI is InChI=1S/C12H14O2/c1-2-14-12-6-4-3-5-11(12)9-7-10(13)8-9/h3-6,9H,2,7-8H2,1H3. The molecule has 1 aliphatic rings. The van der Waals surface area contributed by atoms with E-state index in [2.05, 4.69) is 6.07 Å². The fourth-order valence-electron chi connectivity index (χ4n) is 1.81. The Labute approximate surface area is 83.9 Å². The quantitative estimate of drug-likeness (QED) is 0.732. The lowest BCUT2D eigenvalue weighted by Gasteiger charge is -2.26. The predicted octanol–water partition coefficient (Wildman–Crippen LogP) is 2.53. The molecule has 2 rings (SSSR count).